The van der Waals surface area contributed by atoms with E-state index in [2.05, 4.69) is 69.3 Å². The quantitative estimate of drug-likeness (QED) is 0.507. The van der Waals surface area contributed by atoms with Crippen molar-refractivity contribution in [1.82, 2.24) is 0 Å². The highest BCUT2D eigenvalue weighted by molar-refractivity contribution is 6.80. The van der Waals surface area contributed by atoms with E-state index in [9.17, 15) is 0 Å². The molecule has 4 heteroatoms. The van der Waals surface area contributed by atoms with E-state index in [0.717, 1.165) is 5.56 Å². The summed E-state index contributed by atoms with van der Waals surface area (Å²) in [5.41, 5.74) is 7.58. The number of hydrogen-bond acceptors (Lipinski definition) is 2. The van der Waals surface area contributed by atoms with Crippen molar-refractivity contribution >= 4 is 36.7 Å². The van der Waals surface area contributed by atoms with E-state index in [1.807, 2.05) is 30.3 Å². The van der Waals surface area contributed by atoms with Crippen LogP contribution in [0.2, 0.25) is 5.02 Å². The molecule has 0 amide bonds. The first-order chi connectivity index (χ1) is 12.9. The number of nitrogens with two attached hydrogens (primary N) is 1. The Morgan fingerprint density at radius 2 is 1.37 bits per heavy atom. The minimum absolute atomic E-state index is 0.133. The maximum atomic E-state index is 6.91. The minimum atomic E-state index is -1.91. The molecule has 140 valence electrons. The lowest BCUT2D eigenvalue weighted by Crippen LogP contribution is -2.47. The summed E-state index contributed by atoms with van der Waals surface area (Å²) < 4.78 is 6.91. The molecule has 0 radical (unpaired) electrons. The Hall–Kier alpha value is -2.07. The first kappa shape index (κ1) is 19.7. The van der Waals surface area contributed by atoms with Crippen LogP contribution in [0.3, 0.4) is 0 Å². The number of anilines is 1. The maximum absolute atomic E-state index is 6.91. The molecular formula is C23H26ClNOSi. The number of rotatable bonds is 5. The van der Waals surface area contributed by atoms with Crippen molar-refractivity contribution in [2.24, 2.45) is 5.41 Å². The van der Waals surface area contributed by atoms with Crippen LogP contribution in [-0.4, -0.2) is 9.04 Å². The summed E-state index contributed by atoms with van der Waals surface area (Å²) in [6, 6.07) is 26.6. The lowest BCUT2D eigenvalue weighted by molar-refractivity contribution is 0.0898. The van der Waals surface area contributed by atoms with Gasteiger partial charge in [-0.15, -0.1) is 0 Å². The zero-order valence-corrected chi connectivity index (χ0v) is 17.9. The SMILES string of the molecule is CC(C)(C)C(O[SiH](c1ccccc1)c1ccccc1)c1cc(N)ccc1Cl. The molecule has 0 saturated carbocycles. The number of nitrogen functional groups attached to an aromatic ring is 1. The maximum Gasteiger partial charge on any atom is 0.240 e. The van der Waals surface area contributed by atoms with Crippen LogP contribution in [0.5, 0.6) is 0 Å². The van der Waals surface area contributed by atoms with Crippen molar-refractivity contribution < 1.29 is 4.43 Å². The molecule has 0 saturated heterocycles. The second-order valence-electron chi connectivity index (χ2n) is 7.86. The summed E-state index contributed by atoms with van der Waals surface area (Å²) in [6.45, 7) is 6.54. The molecule has 2 nitrogen and oxygen atoms in total. The fourth-order valence-electron chi connectivity index (χ4n) is 3.25. The number of hydrogen-bond donors (Lipinski definition) is 1. The third-order valence-electron chi connectivity index (χ3n) is 4.57. The first-order valence-electron chi connectivity index (χ1n) is 9.16. The van der Waals surface area contributed by atoms with Gasteiger partial charge in [-0.2, -0.15) is 0 Å². The Morgan fingerprint density at radius 3 is 1.85 bits per heavy atom. The third kappa shape index (κ3) is 4.81. The number of halogens is 1. The van der Waals surface area contributed by atoms with Crippen LogP contribution in [0.1, 0.15) is 32.4 Å². The summed E-state index contributed by atoms with van der Waals surface area (Å²) in [6.07, 6.45) is -0.162. The lowest BCUT2D eigenvalue weighted by atomic mass is 9.84. The summed E-state index contributed by atoms with van der Waals surface area (Å²) in [5, 5.41) is 3.19. The molecule has 0 aliphatic carbocycles. The van der Waals surface area contributed by atoms with Gasteiger partial charge in [0.2, 0.25) is 9.04 Å². The molecule has 3 aromatic rings. The second kappa shape index (κ2) is 8.30. The van der Waals surface area contributed by atoms with E-state index >= 15 is 0 Å². The van der Waals surface area contributed by atoms with Gasteiger partial charge >= 0.3 is 0 Å². The molecule has 1 atom stereocenters. The molecular weight excluding hydrogens is 370 g/mol. The van der Waals surface area contributed by atoms with Crippen molar-refractivity contribution in [3.8, 4) is 0 Å². The topological polar surface area (TPSA) is 35.2 Å². The highest BCUT2D eigenvalue weighted by Gasteiger charge is 2.33. The normalized spacial score (nSPS) is 12.9. The standard InChI is InChI=1S/C23H26ClNOSi/c1-23(2,3)22(20-16-17(25)14-15-21(20)24)26-27(18-10-6-4-7-11-18)19-12-8-5-9-13-19/h4-16,22,27H,25H2,1-3H3. The van der Waals surface area contributed by atoms with E-state index in [1.165, 1.54) is 10.4 Å². The van der Waals surface area contributed by atoms with Gasteiger partial charge in [0, 0.05) is 16.3 Å². The predicted octanol–water partition coefficient (Wildman–Crippen LogP) is 4.56. The van der Waals surface area contributed by atoms with Crippen LogP contribution in [0.25, 0.3) is 0 Å². The Kier molecular flexibility index (Phi) is 6.05. The van der Waals surface area contributed by atoms with E-state index in [-0.39, 0.29) is 11.5 Å². The highest BCUT2D eigenvalue weighted by Crippen LogP contribution is 2.40. The van der Waals surface area contributed by atoms with Crippen LogP contribution in [0.4, 0.5) is 5.69 Å². The van der Waals surface area contributed by atoms with Crippen LogP contribution in [0, 0.1) is 5.41 Å². The molecule has 0 aliphatic rings. The van der Waals surface area contributed by atoms with Gasteiger partial charge in [0.1, 0.15) is 0 Å². The predicted molar refractivity (Wildman–Crippen MR) is 118 cm³/mol. The monoisotopic (exact) mass is 395 g/mol. The molecule has 0 fully saturated rings. The van der Waals surface area contributed by atoms with Crippen molar-refractivity contribution in [3.63, 3.8) is 0 Å². The summed E-state index contributed by atoms with van der Waals surface area (Å²) in [4.78, 5) is 0. The van der Waals surface area contributed by atoms with Gasteiger partial charge in [0.05, 0.1) is 6.10 Å². The summed E-state index contributed by atoms with van der Waals surface area (Å²) in [5.74, 6) is 0. The van der Waals surface area contributed by atoms with Gasteiger partial charge in [0.25, 0.3) is 0 Å². The van der Waals surface area contributed by atoms with Gasteiger partial charge in [-0.1, -0.05) is 93.0 Å². The third-order valence-corrected chi connectivity index (χ3v) is 7.44. The van der Waals surface area contributed by atoms with Crippen molar-refractivity contribution in [1.29, 1.82) is 0 Å². The number of benzene rings is 3. The van der Waals surface area contributed by atoms with E-state index < -0.39 is 9.04 Å². The van der Waals surface area contributed by atoms with Crippen LogP contribution >= 0.6 is 11.6 Å². The zero-order valence-electron chi connectivity index (χ0n) is 16.0. The van der Waals surface area contributed by atoms with Crippen LogP contribution in [-0.2, 0) is 4.43 Å². The molecule has 0 bridgehead atoms. The van der Waals surface area contributed by atoms with Gasteiger partial charge in [0.15, 0.2) is 0 Å². The van der Waals surface area contributed by atoms with Gasteiger partial charge in [-0.25, -0.2) is 0 Å². The first-order valence-corrected chi connectivity index (χ1v) is 11.2. The van der Waals surface area contributed by atoms with Crippen LogP contribution in [0.15, 0.2) is 78.9 Å². The highest BCUT2D eigenvalue weighted by atomic mass is 35.5. The van der Waals surface area contributed by atoms with Crippen LogP contribution < -0.4 is 16.1 Å². The molecule has 0 aliphatic heterocycles. The molecule has 0 heterocycles. The minimum Gasteiger partial charge on any atom is -0.403 e. The summed E-state index contributed by atoms with van der Waals surface area (Å²) >= 11 is 6.55. The molecule has 27 heavy (non-hydrogen) atoms. The smallest absolute Gasteiger partial charge is 0.240 e. The molecule has 3 rings (SSSR count). The Morgan fingerprint density at radius 1 is 0.852 bits per heavy atom. The Labute approximate surface area is 168 Å². The lowest BCUT2D eigenvalue weighted by Gasteiger charge is -2.35. The molecule has 0 spiro atoms. The second-order valence-corrected chi connectivity index (χ2v) is 10.6. The van der Waals surface area contributed by atoms with E-state index in [4.69, 9.17) is 21.8 Å². The fraction of sp³-hybridized carbons (Fsp3) is 0.217. The Bertz CT molecular complexity index is 838. The molecule has 3 aromatic carbocycles. The molecule has 0 aromatic heterocycles. The average molecular weight is 396 g/mol. The van der Waals surface area contributed by atoms with Gasteiger partial charge < -0.3 is 10.2 Å². The van der Waals surface area contributed by atoms with E-state index in [1.54, 1.807) is 0 Å². The zero-order chi connectivity index (χ0) is 19.4. The van der Waals surface area contributed by atoms with Crippen molar-refractivity contribution in [2.45, 2.75) is 26.9 Å². The Balaban J connectivity index is 2.07. The molecule has 1 unspecified atom stereocenters. The van der Waals surface area contributed by atoms with Crippen molar-refractivity contribution in [2.75, 3.05) is 5.73 Å². The van der Waals surface area contributed by atoms with E-state index in [0.29, 0.717) is 10.7 Å². The molecule has 2 N–H and O–H groups in total. The fourth-order valence-corrected chi connectivity index (χ4v) is 6.13. The van der Waals surface area contributed by atoms with Gasteiger partial charge in [-0.3, -0.25) is 0 Å². The summed E-state index contributed by atoms with van der Waals surface area (Å²) in [7, 11) is -1.91. The van der Waals surface area contributed by atoms with Crippen molar-refractivity contribution in [3.05, 3.63) is 89.4 Å². The van der Waals surface area contributed by atoms with Gasteiger partial charge in [-0.05, 0) is 34.0 Å². The average Bonchev–Trinajstić information content (AvgIpc) is 2.65. The largest absolute Gasteiger partial charge is 0.403 e.